The van der Waals surface area contributed by atoms with Crippen LogP contribution in [0.25, 0.3) is 0 Å². The van der Waals surface area contributed by atoms with Gasteiger partial charge in [-0.25, -0.2) is 0 Å². The first-order valence-corrected chi connectivity index (χ1v) is 5.13. The molecular weight excluding hydrogens is 164 g/mol. The van der Waals surface area contributed by atoms with Crippen molar-refractivity contribution in [2.75, 3.05) is 0 Å². The maximum Gasteiger partial charge on any atom is 0.143 e. The van der Waals surface area contributed by atoms with Crippen LogP contribution in [0.3, 0.4) is 0 Å². The normalized spacial score (nSPS) is 10.5. The average molecular weight is 184 g/mol. The number of ketones is 2. The molecule has 0 aliphatic heterocycles. The Kier molecular flexibility index (Phi) is 6.47. The standard InChI is InChI=1S/C11H20O2/c1-4-6-10(7-5-2)11(13)8-9(3)12/h10H,4-8H2,1-3H3. The lowest BCUT2D eigenvalue weighted by Crippen LogP contribution is -2.16. The number of carbonyl (C=O) groups excluding carboxylic acids is 2. The van der Waals surface area contributed by atoms with Gasteiger partial charge in [-0.3, -0.25) is 9.59 Å². The molecule has 0 saturated heterocycles. The van der Waals surface area contributed by atoms with Gasteiger partial charge in [-0.05, 0) is 19.8 Å². The first kappa shape index (κ1) is 12.3. The summed E-state index contributed by atoms with van der Waals surface area (Å²) in [4.78, 5) is 22.3. The van der Waals surface area contributed by atoms with Crippen molar-refractivity contribution in [2.45, 2.75) is 52.9 Å². The minimum Gasteiger partial charge on any atom is -0.300 e. The number of carbonyl (C=O) groups is 2. The molecule has 0 aromatic rings. The largest absolute Gasteiger partial charge is 0.300 e. The van der Waals surface area contributed by atoms with Crippen molar-refractivity contribution in [3.05, 3.63) is 0 Å². The lowest BCUT2D eigenvalue weighted by Gasteiger charge is -2.12. The number of hydrogen-bond donors (Lipinski definition) is 0. The molecule has 0 aliphatic carbocycles. The molecule has 0 atom stereocenters. The number of rotatable bonds is 7. The summed E-state index contributed by atoms with van der Waals surface area (Å²) in [6.45, 7) is 5.63. The zero-order valence-electron chi connectivity index (χ0n) is 8.93. The third kappa shape index (κ3) is 5.56. The second-order valence-electron chi connectivity index (χ2n) is 3.62. The molecule has 0 unspecified atom stereocenters. The molecule has 0 N–H and O–H groups in total. The Labute approximate surface area is 80.7 Å². The zero-order chi connectivity index (χ0) is 10.3. The molecule has 0 aliphatic rings. The van der Waals surface area contributed by atoms with Crippen LogP contribution < -0.4 is 0 Å². The second kappa shape index (κ2) is 6.81. The predicted octanol–water partition coefficient (Wildman–Crippen LogP) is 2.75. The van der Waals surface area contributed by atoms with E-state index in [9.17, 15) is 9.59 Å². The predicted molar refractivity (Wildman–Crippen MR) is 53.6 cm³/mol. The summed E-state index contributed by atoms with van der Waals surface area (Å²) in [5.74, 6) is 0.248. The molecule has 0 rings (SSSR count). The molecule has 0 amide bonds. The van der Waals surface area contributed by atoms with Gasteiger partial charge >= 0.3 is 0 Å². The van der Waals surface area contributed by atoms with Crippen molar-refractivity contribution in [3.63, 3.8) is 0 Å². The average Bonchev–Trinajstić information content (AvgIpc) is 2.02. The minimum atomic E-state index is -0.0118. The van der Waals surface area contributed by atoms with Crippen molar-refractivity contribution < 1.29 is 9.59 Å². The van der Waals surface area contributed by atoms with Crippen molar-refractivity contribution in [3.8, 4) is 0 Å². The lowest BCUT2D eigenvalue weighted by atomic mass is 9.91. The van der Waals surface area contributed by atoms with E-state index in [0.29, 0.717) is 0 Å². The van der Waals surface area contributed by atoms with Crippen molar-refractivity contribution >= 4 is 11.6 Å². The highest BCUT2D eigenvalue weighted by Crippen LogP contribution is 2.16. The Morgan fingerprint density at radius 3 is 1.85 bits per heavy atom. The molecule has 0 heterocycles. The van der Waals surface area contributed by atoms with Crippen LogP contribution in [0.4, 0.5) is 0 Å². The molecule has 0 aromatic carbocycles. The third-order valence-electron chi connectivity index (χ3n) is 2.15. The van der Waals surface area contributed by atoms with E-state index < -0.39 is 0 Å². The highest BCUT2D eigenvalue weighted by molar-refractivity contribution is 5.98. The zero-order valence-corrected chi connectivity index (χ0v) is 8.93. The molecule has 0 bridgehead atoms. The van der Waals surface area contributed by atoms with E-state index in [4.69, 9.17) is 0 Å². The van der Waals surface area contributed by atoms with Gasteiger partial charge in [-0.2, -0.15) is 0 Å². The van der Waals surface area contributed by atoms with Crippen LogP contribution in [-0.4, -0.2) is 11.6 Å². The van der Waals surface area contributed by atoms with Gasteiger partial charge < -0.3 is 0 Å². The number of Topliss-reactive ketones (excluding diaryl/α,β-unsaturated/α-hetero) is 2. The topological polar surface area (TPSA) is 34.1 Å². The lowest BCUT2D eigenvalue weighted by molar-refractivity contribution is -0.128. The molecule has 76 valence electrons. The van der Waals surface area contributed by atoms with Crippen LogP contribution >= 0.6 is 0 Å². The summed E-state index contributed by atoms with van der Waals surface area (Å²) in [5, 5.41) is 0. The van der Waals surface area contributed by atoms with E-state index in [1.54, 1.807) is 0 Å². The molecule has 0 spiro atoms. The highest BCUT2D eigenvalue weighted by atomic mass is 16.1. The van der Waals surface area contributed by atoms with Crippen molar-refractivity contribution in [1.82, 2.24) is 0 Å². The molecule has 0 aromatic heterocycles. The summed E-state index contributed by atoms with van der Waals surface area (Å²) >= 11 is 0. The molecule has 13 heavy (non-hydrogen) atoms. The van der Waals surface area contributed by atoms with Crippen molar-refractivity contribution in [2.24, 2.45) is 5.92 Å². The maximum atomic E-state index is 11.5. The summed E-state index contributed by atoms with van der Waals surface area (Å²) < 4.78 is 0. The van der Waals surface area contributed by atoms with Crippen LogP contribution in [0, 0.1) is 5.92 Å². The van der Waals surface area contributed by atoms with Crippen LogP contribution in [-0.2, 0) is 9.59 Å². The maximum absolute atomic E-state index is 11.5. The molecular formula is C11H20O2. The molecule has 2 nitrogen and oxygen atoms in total. The fourth-order valence-corrected chi connectivity index (χ4v) is 1.55. The number of hydrogen-bond acceptors (Lipinski definition) is 2. The Morgan fingerprint density at radius 2 is 1.54 bits per heavy atom. The first-order chi connectivity index (χ1) is 6.11. The summed E-state index contributed by atoms with van der Waals surface area (Å²) in [7, 11) is 0. The van der Waals surface area contributed by atoms with Gasteiger partial charge in [0.1, 0.15) is 11.6 Å². The fourth-order valence-electron chi connectivity index (χ4n) is 1.55. The van der Waals surface area contributed by atoms with E-state index in [1.165, 1.54) is 6.92 Å². The Morgan fingerprint density at radius 1 is 1.08 bits per heavy atom. The molecule has 2 heteroatoms. The second-order valence-corrected chi connectivity index (χ2v) is 3.62. The molecule has 0 saturated carbocycles. The Bertz CT molecular complexity index is 167. The summed E-state index contributed by atoms with van der Waals surface area (Å²) in [6.07, 6.45) is 4.03. The Hall–Kier alpha value is -0.660. The van der Waals surface area contributed by atoms with E-state index in [1.807, 2.05) is 0 Å². The summed E-state index contributed by atoms with van der Waals surface area (Å²) in [6, 6.07) is 0. The molecule has 0 radical (unpaired) electrons. The SMILES string of the molecule is CCCC(CCC)C(=O)CC(C)=O. The van der Waals surface area contributed by atoms with Gasteiger partial charge in [0.05, 0.1) is 6.42 Å². The smallest absolute Gasteiger partial charge is 0.143 e. The monoisotopic (exact) mass is 184 g/mol. The van der Waals surface area contributed by atoms with E-state index in [-0.39, 0.29) is 23.9 Å². The highest BCUT2D eigenvalue weighted by Gasteiger charge is 2.17. The quantitative estimate of drug-likeness (QED) is 0.570. The van der Waals surface area contributed by atoms with E-state index in [2.05, 4.69) is 13.8 Å². The van der Waals surface area contributed by atoms with Gasteiger partial charge in [-0.15, -0.1) is 0 Å². The van der Waals surface area contributed by atoms with Gasteiger partial charge in [0.15, 0.2) is 0 Å². The van der Waals surface area contributed by atoms with Crippen LogP contribution in [0.2, 0.25) is 0 Å². The minimum absolute atomic E-state index is 0.0118. The van der Waals surface area contributed by atoms with E-state index >= 15 is 0 Å². The van der Waals surface area contributed by atoms with Crippen LogP contribution in [0.5, 0.6) is 0 Å². The first-order valence-electron chi connectivity index (χ1n) is 5.13. The Balaban J connectivity index is 4.02. The van der Waals surface area contributed by atoms with E-state index in [0.717, 1.165) is 25.7 Å². The van der Waals surface area contributed by atoms with Gasteiger partial charge in [-0.1, -0.05) is 26.7 Å². The third-order valence-corrected chi connectivity index (χ3v) is 2.15. The molecule has 0 fully saturated rings. The van der Waals surface area contributed by atoms with Crippen molar-refractivity contribution in [1.29, 1.82) is 0 Å². The summed E-state index contributed by atoms with van der Waals surface area (Å²) in [5.41, 5.74) is 0. The fraction of sp³-hybridized carbons (Fsp3) is 0.818. The van der Waals surface area contributed by atoms with Crippen LogP contribution in [0.1, 0.15) is 52.9 Å². The van der Waals surface area contributed by atoms with Gasteiger partial charge in [0.2, 0.25) is 0 Å². The van der Waals surface area contributed by atoms with Gasteiger partial charge in [0.25, 0.3) is 0 Å². The van der Waals surface area contributed by atoms with Gasteiger partial charge in [0, 0.05) is 5.92 Å². The van der Waals surface area contributed by atoms with Crippen LogP contribution in [0.15, 0.2) is 0 Å².